The van der Waals surface area contributed by atoms with Gasteiger partial charge in [-0.05, 0) is 6.42 Å². The quantitative estimate of drug-likeness (QED) is 0.315. The second kappa shape index (κ2) is 9.80. The lowest BCUT2D eigenvalue weighted by Gasteiger charge is -2.24. The minimum Gasteiger partial charge on any atom is -0.499 e. The molecule has 0 atom stereocenters. The number of hydrogen-bond donors (Lipinski definition) is 0. The Labute approximate surface area is 98.7 Å². The Morgan fingerprint density at radius 3 is 2.12 bits per heavy atom. The molecule has 0 aromatic rings. The van der Waals surface area contributed by atoms with Crippen LogP contribution in [0.2, 0.25) is 6.04 Å². The highest BCUT2D eigenvalue weighted by molar-refractivity contribution is 6.60. The van der Waals surface area contributed by atoms with Gasteiger partial charge in [0.05, 0.1) is 12.9 Å². The van der Waals surface area contributed by atoms with Crippen molar-refractivity contribution in [3.05, 3.63) is 12.8 Å². The van der Waals surface area contributed by atoms with Gasteiger partial charge in [0.15, 0.2) is 0 Å². The molecule has 0 aliphatic rings. The number of ether oxygens (including phenoxy) is 2. The van der Waals surface area contributed by atoms with Crippen LogP contribution in [0, 0.1) is 0 Å². The van der Waals surface area contributed by atoms with E-state index in [1.807, 2.05) is 0 Å². The first-order valence-electron chi connectivity index (χ1n) is 5.20. The molecule has 0 spiro atoms. The summed E-state index contributed by atoms with van der Waals surface area (Å²) in [5.41, 5.74) is 0. The molecule has 0 fully saturated rings. The molecule has 0 aromatic carbocycles. The molecular weight excluding hydrogens is 228 g/mol. The van der Waals surface area contributed by atoms with Crippen LogP contribution in [0.5, 0.6) is 0 Å². The molecule has 0 aliphatic heterocycles. The molecule has 0 aromatic heterocycles. The van der Waals surface area contributed by atoms with E-state index in [-0.39, 0.29) is 0 Å². The first-order chi connectivity index (χ1) is 7.74. The Morgan fingerprint density at radius 2 is 1.62 bits per heavy atom. The van der Waals surface area contributed by atoms with Gasteiger partial charge in [-0.3, -0.25) is 0 Å². The van der Waals surface area contributed by atoms with Crippen LogP contribution in [0.25, 0.3) is 0 Å². The van der Waals surface area contributed by atoms with Crippen LogP contribution in [0.15, 0.2) is 12.8 Å². The minimum absolute atomic E-state index is 0.533. The fourth-order valence-electron chi connectivity index (χ4n) is 1.24. The van der Waals surface area contributed by atoms with E-state index in [0.717, 1.165) is 12.5 Å². The third-order valence-corrected chi connectivity index (χ3v) is 5.00. The zero-order chi connectivity index (χ0) is 12.3. The molecule has 0 rings (SSSR count). The standard InChI is InChI=1S/C10H22O5Si/c1-5-14-8-9-15-7-6-10-16(11-2,12-3)13-4/h5H,1,6-10H2,2-4H3. The van der Waals surface area contributed by atoms with Gasteiger partial charge in [-0.2, -0.15) is 0 Å². The molecule has 5 nitrogen and oxygen atoms in total. The van der Waals surface area contributed by atoms with E-state index >= 15 is 0 Å². The van der Waals surface area contributed by atoms with Crippen LogP contribution in [-0.2, 0) is 22.8 Å². The Balaban J connectivity index is 3.51. The first-order valence-corrected chi connectivity index (χ1v) is 7.13. The van der Waals surface area contributed by atoms with E-state index in [4.69, 9.17) is 22.8 Å². The molecule has 96 valence electrons. The molecule has 0 bridgehead atoms. The van der Waals surface area contributed by atoms with Gasteiger partial charge in [0.2, 0.25) is 0 Å². The highest BCUT2D eigenvalue weighted by Crippen LogP contribution is 2.14. The van der Waals surface area contributed by atoms with E-state index in [1.54, 1.807) is 21.3 Å². The van der Waals surface area contributed by atoms with Gasteiger partial charge >= 0.3 is 8.80 Å². The Morgan fingerprint density at radius 1 is 1.00 bits per heavy atom. The Bertz CT molecular complexity index is 164. The summed E-state index contributed by atoms with van der Waals surface area (Å²) in [5, 5.41) is 0. The molecule has 0 heterocycles. The van der Waals surface area contributed by atoms with Crippen molar-refractivity contribution < 1.29 is 22.8 Å². The van der Waals surface area contributed by atoms with Crippen molar-refractivity contribution in [1.82, 2.24) is 0 Å². The summed E-state index contributed by atoms with van der Waals surface area (Å²) in [5.74, 6) is 0. The van der Waals surface area contributed by atoms with E-state index in [1.165, 1.54) is 6.26 Å². The predicted molar refractivity (Wildman–Crippen MR) is 63.2 cm³/mol. The Kier molecular flexibility index (Phi) is 9.55. The third-order valence-electron chi connectivity index (χ3n) is 2.17. The lowest BCUT2D eigenvalue weighted by Crippen LogP contribution is -2.42. The monoisotopic (exact) mass is 250 g/mol. The average molecular weight is 250 g/mol. The molecular formula is C10H22O5Si. The van der Waals surface area contributed by atoms with E-state index in [9.17, 15) is 0 Å². The maximum Gasteiger partial charge on any atom is 0.500 e. The van der Waals surface area contributed by atoms with Crippen molar-refractivity contribution in [2.24, 2.45) is 0 Å². The number of rotatable bonds is 11. The van der Waals surface area contributed by atoms with Gasteiger partial charge in [-0.25, -0.2) is 0 Å². The number of hydrogen-bond acceptors (Lipinski definition) is 5. The van der Waals surface area contributed by atoms with Crippen LogP contribution in [-0.4, -0.2) is 50.0 Å². The van der Waals surface area contributed by atoms with Crippen molar-refractivity contribution in [2.45, 2.75) is 12.5 Å². The second-order valence-electron chi connectivity index (χ2n) is 3.05. The maximum atomic E-state index is 5.35. The molecule has 0 saturated heterocycles. The van der Waals surface area contributed by atoms with Gasteiger partial charge in [0.1, 0.15) is 6.61 Å². The molecule has 0 radical (unpaired) electrons. The second-order valence-corrected chi connectivity index (χ2v) is 6.14. The van der Waals surface area contributed by atoms with Crippen LogP contribution >= 0.6 is 0 Å². The summed E-state index contributed by atoms with van der Waals surface area (Å²) in [6, 6.07) is 0.749. The van der Waals surface area contributed by atoms with E-state index < -0.39 is 8.80 Å². The predicted octanol–water partition coefficient (Wildman–Crippen LogP) is 1.43. The summed E-state index contributed by atoms with van der Waals surface area (Å²) in [6.45, 7) is 5.18. The van der Waals surface area contributed by atoms with Crippen LogP contribution in [0.1, 0.15) is 6.42 Å². The van der Waals surface area contributed by atoms with E-state index in [0.29, 0.717) is 19.8 Å². The summed E-state index contributed by atoms with van der Waals surface area (Å²) in [7, 11) is 2.41. The smallest absolute Gasteiger partial charge is 0.499 e. The van der Waals surface area contributed by atoms with Gasteiger partial charge < -0.3 is 22.8 Å². The van der Waals surface area contributed by atoms with Gasteiger partial charge in [0.25, 0.3) is 0 Å². The SMILES string of the molecule is C=COCCOCCC[Si](OC)(OC)OC. The van der Waals surface area contributed by atoms with Crippen molar-refractivity contribution in [3.8, 4) is 0 Å². The van der Waals surface area contributed by atoms with Crippen LogP contribution in [0.4, 0.5) is 0 Å². The van der Waals surface area contributed by atoms with Crippen molar-refractivity contribution >= 4 is 8.80 Å². The van der Waals surface area contributed by atoms with Gasteiger partial charge in [-0.15, -0.1) is 0 Å². The molecule has 6 heteroatoms. The van der Waals surface area contributed by atoms with Crippen molar-refractivity contribution in [2.75, 3.05) is 41.2 Å². The van der Waals surface area contributed by atoms with Crippen molar-refractivity contribution in [3.63, 3.8) is 0 Å². The molecule has 0 aliphatic carbocycles. The lowest BCUT2D eigenvalue weighted by atomic mass is 10.5. The third kappa shape index (κ3) is 6.24. The van der Waals surface area contributed by atoms with Gasteiger partial charge in [0, 0.05) is 34.0 Å². The average Bonchev–Trinajstić information content (AvgIpc) is 2.34. The molecule has 0 unspecified atom stereocenters. The fourth-order valence-corrected chi connectivity index (χ4v) is 2.93. The summed E-state index contributed by atoms with van der Waals surface area (Å²) < 4.78 is 26.1. The summed E-state index contributed by atoms with van der Waals surface area (Å²) >= 11 is 0. The zero-order valence-corrected chi connectivity index (χ0v) is 11.4. The highest BCUT2D eigenvalue weighted by Gasteiger charge is 2.36. The normalized spacial score (nSPS) is 11.4. The first kappa shape index (κ1) is 15.6. The van der Waals surface area contributed by atoms with Crippen LogP contribution < -0.4 is 0 Å². The summed E-state index contributed by atoms with van der Waals surface area (Å²) in [6.07, 6.45) is 2.25. The molecule has 0 amide bonds. The topological polar surface area (TPSA) is 46.2 Å². The lowest BCUT2D eigenvalue weighted by molar-refractivity contribution is 0.0790. The summed E-state index contributed by atoms with van der Waals surface area (Å²) in [4.78, 5) is 0. The Hall–Kier alpha value is -0.403. The van der Waals surface area contributed by atoms with Crippen LogP contribution in [0.3, 0.4) is 0 Å². The highest BCUT2D eigenvalue weighted by atomic mass is 28.4. The van der Waals surface area contributed by atoms with Gasteiger partial charge in [-0.1, -0.05) is 6.58 Å². The van der Waals surface area contributed by atoms with E-state index in [2.05, 4.69) is 6.58 Å². The molecule has 0 N–H and O–H groups in total. The minimum atomic E-state index is -2.42. The fraction of sp³-hybridized carbons (Fsp3) is 0.800. The molecule has 0 saturated carbocycles. The largest absolute Gasteiger partial charge is 0.500 e. The van der Waals surface area contributed by atoms with Crippen molar-refractivity contribution in [1.29, 1.82) is 0 Å². The molecule has 16 heavy (non-hydrogen) atoms. The zero-order valence-electron chi connectivity index (χ0n) is 10.4. The maximum absolute atomic E-state index is 5.35.